The number of nitrogens with two attached hydrogens (primary N) is 2. The average Bonchev–Trinajstić information content (AvgIpc) is 2.33. The van der Waals surface area contributed by atoms with Gasteiger partial charge in [0, 0.05) is 18.8 Å². The Morgan fingerprint density at radius 3 is 2.83 bits per heavy atom. The first-order chi connectivity index (χ1) is 8.60. The number of aromatic nitrogens is 1. The van der Waals surface area contributed by atoms with Gasteiger partial charge >= 0.3 is 0 Å². The minimum atomic E-state index is -0.464. The molecular weight excluding hydrogens is 228 g/mol. The molecule has 0 fully saturated rings. The number of anilines is 1. The number of amides is 1. The first-order valence-corrected chi connectivity index (χ1v) is 6.32. The van der Waals surface area contributed by atoms with Crippen LogP contribution in [-0.2, 0) is 0 Å². The first-order valence-electron chi connectivity index (χ1n) is 6.32. The summed E-state index contributed by atoms with van der Waals surface area (Å²) in [4.78, 5) is 15.6. The Hall–Kier alpha value is -1.62. The molecule has 0 aromatic carbocycles. The molecule has 1 heterocycles. The lowest BCUT2D eigenvalue weighted by atomic mass is 10.1. The number of nitrogens with one attached hydrogen (secondary N) is 1. The second-order valence-electron chi connectivity index (χ2n) is 4.43. The van der Waals surface area contributed by atoms with Crippen molar-refractivity contribution in [1.82, 2.24) is 4.98 Å². The lowest BCUT2D eigenvalue weighted by Crippen LogP contribution is -2.30. The van der Waals surface area contributed by atoms with Gasteiger partial charge in [-0.2, -0.15) is 0 Å². The van der Waals surface area contributed by atoms with Crippen LogP contribution in [0.25, 0.3) is 0 Å². The molecule has 0 aliphatic carbocycles. The van der Waals surface area contributed by atoms with E-state index in [4.69, 9.17) is 11.5 Å². The zero-order valence-corrected chi connectivity index (χ0v) is 11.1. The lowest BCUT2D eigenvalue weighted by molar-refractivity contribution is 0.1000. The van der Waals surface area contributed by atoms with E-state index < -0.39 is 5.91 Å². The maximum atomic E-state index is 11.4. The Morgan fingerprint density at radius 2 is 2.28 bits per heavy atom. The molecule has 0 bridgehead atoms. The monoisotopic (exact) mass is 250 g/mol. The molecular formula is C13H22N4O. The average molecular weight is 250 g/mol. The van der Waals surface area contributed by atoms with Gasteiger partial charge in [0.15, 0.2) is 0 Å². The highest BCUT2D eigenvalue weighted by atomic mass is 16.1. The van der Waals surface area contributed by atoms with Crippen molar-refractivity contribution in [1.29, 1.82) is 0 Å². The summed E-state index contributed by atoms with van der Waals surface area (Å²) >= 11 is 0. The maximum Gasteiger partial charge on any atom is 0.252 e. The van der Waals surface area contributed by atoms with Gasteiger partial charge in [-0.3, -0.25) is 4.79 Å². The molecule has 0 radical (unpaired) electrons. The van der Waals surface area contributed by atoms with Gasteiger partial charge in [-0.15, -0.1) is 0 Å². The van der Waals surface area contributed by atoms with Crippen LogP contribution in [0, 0.1) is 6.92 Å². The third-order valence-electron chi connectivity index (χ3n) is 2.94. The zero-order valence-electron chi connectivity index (χ0n) is 11.1. The molecule has 0 saturated heterocycles. The standard InChI is InChI=1S/C13H22N4O/c1-3-4-5-10(8-14)17-13-11(12(15)18)9(2)6-7-16-13/h6-7,10H,3-5,8,14H2,1-2H3,(H2,15,18)(H,16,17). The smallest absolute Gasteiger partial charge is 0.252 e. The Balaban J connectivity index is 2.88. The Morgan fingerprint density at radius 1 is 1.56 bits per heavy atom. The van der Waals surface area contributed by atoms with E-state index >= 15 is 0 Å². The quantitative estimate of drug-likeness (QED) is 0.682. The third-order valence-corrected chi connectivity index (χ3v) is 2.94. The number of rotatable bonds is 7. The minimum absolute atomic E-state index is 0.123. The summed E-state index contributed by atoms with van der Waals surface area (Å²) < 4.78 is 0. The van der Waals surface area contributed by atoms with E-state index in [1.165, 1.54) is 0 Å². The highest BCUT2D eigenvalue weighted by Crippen LogP contribution is 2.17. The molecule has 5 N–H and O–H groups in total. The van der Waals surface area contributed by atoms with Crippen molar-refractivity contribution in [2.75, 3.05) is 11.9 Å². The van der Waals surface area contributed by atoms with Crippen molar-refractivity contribution >= 4 is 11.7 Å². The normalized spacial score (nSPS) is 12.2. The van der Waals surface area contributed by atoms with Gasteiger partial charge in [0.2, 0.25) is 0 Å². The molecule has 5 nitrogen and oxygen atoms in total. The van der Waals surface area contributed by atoms with Gasteiger partial charge in [-0.25, -0.2) is 4.98 Å². The number of unbranched alkanes of at least 4 members (excludes halogenated alkanes) is 1. The molecule has 0 saturated carbocycles. The molecule has 100 valence electrons. The molecule has 0 spiro atoms. The summed E-state index contributed by atoms with van der Waals surface area (Å²) in [5.41, 5.74) is 12.4. The fourth-order valence-corrected chi connectivity index (χ4v) is 1.87. The van der Waals surface area contributed by atoms with E-state index in [2.05, 4.69) is 17.2 Å². The van der Waals surface area contributed by atoms with Gasteiger partial charge in [-0.1, -0.05) is 19.8 Å². The maximum absolute atomic E-state index is 11.4. The second kappa shape index (κ2) is 6.96. The molecule has 5 heteroatoms. The van der Waals surface area contributed by atoms with Crippen LogP contribution in [-0.4, -0.2) is 23.5 Å². The largest absolute Gasteiger partial charge is 0.365 e. The third kappa shape index (κ3) is 3.70. The Kier molecular flexibility index (Phi) is 5.58. The Labute approximate surface area is 108 Å². The van der Waals surface area contributed by atoms with Crippen LogP contribution in [0.5, 0.6) is 0 Å². The van der Waals surface area contributed by atoms with E-state index in [-0.39, 0.29) is 6.04 Å². The molecule has 1 aromatic heterocycles. The van der Waals surface area contributed by atoms with E-state index in [9.17, 15) is 4.79 Å². The van der Waals surface area contributed by atoms with E-state index in [0.29, 0.717) is 17.9 Å². The van der Waals surface area contributed by atoms with Crippen molar-refractivity contribution in [2.24, 2.45) is 11.5 Å². The molecule has 0 aliphatic heterocycles. The number of primary amides is 1. The molecule has 1 atom stereocenters. The van der Waals surface area contributed by atoms with Crippen molar-refractivity contribution in [3.05, 3.63) is 23.4 Å². The van der Waals surface area contributed by atoms with E-state index in [1.54, 1.807) is 12.3 Å². The number of nitrogens with zero attached hydrogens (tertiary/aromatic N) is 1. The van der Waals surface area contributed by atoms with Gasteiger partial charge in [-0.05, 0) is 25.0 Å². The van der Waals surface area contributed by atoms with Crippen LogP contribution in [0.1, 0.15) is 42.1 Å². The SMILES string of the molecule is CCCCC(CN)Nc1nccc(C)c1C(N)=O. The summed E-state index contributed by atoms with van der Waals surface area (Å²) in [6.45, 7) is 4.48. The van der Waals surface area contributed by atoms with Gasteiger partial charge in [0.05, 0.1) is 5.56 Å². The van der Waals surface area contributed by atoms with Crippen molar-refractivity contribution in [3.8, 4) is 0 Å². The second-order valence-corrected chi connectivity index (χ2v) is 4.43. The lowest BCUT2D eigenvalue weighted by Gasteiger charge is -2.19. The van der Waals surface area contributed by atoms with Crippen molar-refractivity contribution < 1.29 is 4.79 Å². The highest BCUT2D eigenvalue weighted by molar-refractivity contribution is 5.99. The predicted octanol–water partition coefficient (Wildman–Crippen LogP) is 1.42. The minimum Gasteiger partial charge on any atom is -0.365 e. The fraction of sp³-hybridized carbons (Fsp3) is 0.538. The summed E-state index contributed by atoms with van der Waals surface area (Å²) in [6, 6.07) is 1.90. The number of carbonyl (C=O) groups excluding carboxylic acids is 1. The van der Waals surface area contributed by atoms with Gasteiger partial charge < -0.3 is 16.8 Å². The number of hydrogen-bond donors (Lipinski definition) is 3. The van der Waals surface area contributed by atoms with Gasteiger partial charge in [0.1, 0.15) is 5.82 Å². The van der Waals surface area contributed by atoms with Crippen LogP contribution in [0.2, 0.25) is 0 Å². The summed E-state index contributed by atoms with van der Waals surface area (Å²) in [6.07, 6.45) is 4.83. The number of hydrogen-bond acceptors (Lipinski definition) is 4. The van der Waals surface area contributed by atoms with E-state index in [0.717, 1.165) is 24.8 Å². The van der Waals surface area contributed by atoms with Crippen LogP contribution in [0.15, 0.2) is 12.3 Å². The topological polar surface area (TPSA) is 94.0 Å². The van der Waals surface area contributed by atoms with Crippen LogP contribution < -0.4 is 16.8 Å². The van der Waals surface area contributed by atoms with Crippen molar-refractivity contribution in [2.45, 2.75) is 39.2 Å². The number of carbonyl (C=O) groups is 1. The van der Waals surface area contributed by atoms with Gasteiger partial charge in [0.25, 0.3) is 5.91 Å². The molecule has 0 aliphatic rings. The predicted molar refractivity (Wildman–Crippen MR) is 73.5 cm³/mol. The fourth-order valence-electron chi connectivity index (χ4n) is 1.87. The summed E-state index contributed by atoms with van der Waals surface area (Å²) in [5.74, 6) is 0.0726. The molecule has 1 rings (SSSR count). The molecule has 1 aromatic rings. The van der Waals surface area contributed by atoms with Crippen LogP contribution >= 0.6 is 0 Å². The highest BCUT2D eigenvalue weighted by Gasteiger charge is 2.15. The summed E-state index contributed by atoms with van der Waals surface area (Å²) in [5, 5.41) is 3.22. The van der Waals surface area contributed by atoms with Crippen LogP contribution in [0.4, 0.5) is 5.82 Å². The van der Waals surface area contributed by atoms with Crippen molar-refractivity contribution in [3.63, 3.8) is 0 Å². The number of pyridine rings is 1. The van der Waals surface area contributed by atoms with Crippen LogP contribution in [0.3, 0.4) is 0 Å². The Bertz CT molecular complexity index is 406. The summed E-state index contributed by atoms with van der Waals surface area (Å²) in [7, 11) is 0. The molecule has 1 amide bonds. The molecule has 18 heavy (non-hydrogen) atoms. The first kappa shape index (κ1) is 14.4. The molecule has 1 unspecified atom stereocenters. The number of aryl methyl sites for hydroxylation is 1. The van der Waals surface area contributed by atoms with E-state index in [1.807, 2.05) is 6.92 Å². The zero-order chi connectivity index (χ0) is 13.5.